The second kappa shape index (κ2) is 29.5. The van der Waals surface area contributed by atoms with Crippen LogP contribution in [-0.4, -0.2) is 303 Å². The molecule has 32 heteroatoms. The number of fused-ring (bicyclic) bond motifs is 4. The smallest absolute Gasteiger partial charge is 0.335 e. The maximum Gasteiger partial charge on any atom is 0.335 e. The zero-order valence-corrected chi connectivity index (χ0v) is 59.3. The Balaban J connectivity index is 0.914. The summed E-state index contributed by atoms with van der Waals surface area (Å²) >= 11 is 0. The predicted molar refractivity (Wildman–Crippen MR) is 343 cm³/mol. The molecule has 5 saturated carbocycles. The molecule has 0 aromatic carbocycles. The van der Waals surface area contributed by atoms with Crippen LogP contribution in [0.4, 0.5) is 0 Å². The number of carboxylic acid groups (broad SMARTS) is 1. The van der Waals surface area contributed by atoms with Crippen molar-refractivity contribution in [1.29, 1.82) is 0 Å². The third-order valence-electron chi connectivity index (χ3n) is 26.6. The van der Waals surface area contributed by atoms with E-state index in [0.29, 0.717) is 37.7 Å². The third kappa shape index (κ3) is 12.6. The topological polar surface area (TPSA) is 495 Å². The van der Waals surface area contributed by atoms with Gasteiger partial charge >= 0.3 is 17.9 Å². The maximum atomic E-state index is 14.0. The van der Waals surface area contributed by atoms with E-state index in [1.54, 1.807) is 45.9 Å². The molecule has 5 aliphatic carbocycles. The summed E-state index contributed by atoms with van der Waals surface area (Å²) < 4.78 is 81.7. The number of hydrogen-bond donors (Lipinski definition) is 16. The highest BCUT2D eigenvalue weighted by Gasteiger charge is 2.85. The van der Waals surface area contributed by atoms with Gasteiger partial charge in [-0.1, -0.05) is 52.8 Å². The van der Waals surface area contributed by atoms with Crippen LogP contribution in [0, 0.1) is 50.7 Å². The van der Waals surface area contributed by atoms with Crippen LogP contribution in [-0.2, 0) is 76.0 Å². The molecule has 11 aliphatic rings. The molecule has 11 fully saturated rings. The van der Waals surface area contributed by atoms with Gasteiger partial charge in [0.25, 0.3) is 0 Å². The van der Waals surface area contributed by atoms with E-state index in [4.69, 9.17) is 61.6 Å². The molecule has 102 heavy (non-hydrogen) atoms. The first-order valence-corrected chi connectivity index (χ1v) is 35.7. The second-order valence-electron chi connectivity index (χ2n) is 31.8. The first-order chi connectivity index (χ1) is 47.8. The van der Waals surface area contributed by atoms with E-state index in [1.165, 1.54) is 13.8 Å². The van der Waals surface area contributed by atoms with Gasteiger partial charge in [0.15, 0.2) is 49.9 Å². The van der Waals surface area contributed by atoms with Crippen molar-refractivity contribution in [3.05, 3.63) is 36.0 Å². The molecule has 6 aliphatic heterocycles. The molecule has 1 spiro atoms. The van der Waals surface area contributed by atoms with Crippen LogP contribution in [0.5, 0.6) is 0 Å². The van der Waals surface area contributed by atoms with Gasteiger partial charge in [-0.2, -0.15) is 0 Å². The first-order valence-electron chi connectivity index (χ1n) is 35.7. The Morgan fingerprint density at radius 3 is 1.60 bits per heavy atom. The van der Waals surface area contributed by atoms with Crippen molar-refractivity contribution in [2.75, 3.05) is 13.2 Å². The van der Waals surface area contributed by atoms with Crippen LogP contribution in [0.25, 0.3) is 0 Å². The summed E-state index contributed by atoms with van der Waals surface area (Å²) in [6.07, 6.45) is -47.0. The van der Waals surface area contributed by atoms with Crippen molar-refractivity contribution in [3.8, 4) is 0 Å². The second-order valence-corrected chi connectivity index (χ2v) is 31.8. The highest BCUT2D eigenvalue weighted by Crippen LogP contribution is 2.81. The summed E-state index contributed by atoms with van der Waals surface area (Å²) in [5.74, 6) is -4.79. The highest BCUT2D eigenvalue weighted by atomic mass is 16.8. The fraction of sp³-hybridized carbons (Fsp3) is 0.871. The first kappa shape index (κ1) is 79.6. The fourth-order valence-electron chi connectivity index (χ4n) is 20.4. The molecule has 11 rings (SSSR count). The van der Waals surface area contributed by atoms with Gasteiger partial charge in [-0.25, -0.2) is 14.4 Å². The molecule has 0 amide bonds. The van der Waals surface area contributed by atoms with Crippen molar-refractivity contribution in [1.82, 2.24) is 0 Å². The zero-order valence-electron chi connectivity index (χ0n) is 59.3. The summed E-state index contributed by atoms with van der Waals surface area (Å²) in [6.45, 7) is 21.9. The molecule has 580 valence electrons. The monoisotopic (exact) mass is 1460 g/mol. The van der Waals surface area contributed by atoms with Crippen LogP contribution in [0.3, 0.4) is 0 Å². The van der Waals surface area contributed by atoms with E-state index in [2.05, 4.69) is 27.4 Å². The van der Waals surface area contributed by atoms with Crippen LogP contribution in [0.2, 0.25) is 0 Å². The van der Waals surface area contributed by atoms with Gasteiger partial charge in [-0.3, -0.25) is 0 Å². The minimum atomic E-state index is -2.38. The average molecular weight is 1460 g/mol. The lowest BCUT2D eigenvalue weighted by atomic mass is 9.30. The SMILES string of the molecule is C=C[C@H]1CC2[C@@]3([C@H](O)C[C@]4(C)[C@@]2(CCC2[C@@]5(C)CC[C@H](O[C@@H]6OC(C(=O)O)[C@@H](O)C(O[C@@H]7OC(CO)[C@H](O)C(O)C7O[C@@H]7OC(C)[C@H](O)C(O)C7O[C@@H]7OC(C)[C@H](O)C(O)C7O)C6O[C@@H]6OC(CO)[C@H](O)C(O)C6O)C(C)(C)C5CC[C@]24C)O[C@@H]3O)[C@@H](OC(=O)/C(C)=C\C)[C@@H]1OC(=O)/C(C)=C\C. The number of carboxylic acids is 1. The largest absolute Gasteiger partial charge is 0.479 e. The molecule has 18 unspecified atom stereocenters. The van der Waals surface area contributed by atoms with Gasteiger partial charge in [-0.15, -0.1) is 6.58 Å². The maximum absolute atomic E-state index is 14.0. The Hall–Kier alpha value is -3.41. The third-order valence-corrected chi connectivity index (χ3v) is 26.6. The molecule has 16 N–H and O–H groups in total. The van der Waals surface area contributed by atoms with Gasteiger partial charge in [0.2, 0.25) is 0 Å². The minimum Gasteiger partial charge on any atom is -0.479 e. The Labute approximate surface area is 590 Å². The van der Waals surface area contributed by atoms with Crippen molar-refractivity contribution in [3.63, 3.8) is 0 Å². The number of hydrogen-bond acceptors (Lipinski definition) is 31. The van der Waals surface area contributed by atoms with Gasteiger partial charge in [0.05, 0.1) is 48.6 Å². The van der Waals surface area contributed by atoms with Crippen molar-refractivity contribution >= 4 is 17.9 Å². The van der Waals surface area contributed by atoms with Crippen LogP contribution in [0.1, 0.15) is 128 Å². The number of rotatable bonds is 18. The molecule has 39 atom stereocenters. The normalized spacial score (nSPS) is 53.1. The summed E-state index contributed by atoms with van der Waals surface area (Å²) in [5.41, 5.74) is -5.24. The van der Waals surface area contributed by atoms with Gasteiger partial charge in [-0.05, 0) is 121 Å². The lowest BCUT2D eigenvalue weighted by Crippen LogP contribution is -2.76. The Morgan fingerprint density at radius 2 is 1.01 bits per heavy atom. The summed E-state index contributed by atoms with van der Waals surface area (Å²) in [4.78, 5) is 41.2. The van der Waals surface area contributed by atoms with Crippen molar-refractivity contribution in [2.24, 2.45) is 50.7 Å². The number of ether oxygens (including phenoxy) is 13. The van der Waals surface area contributed by atoms with E-state index >= 15 is 0 Å². The molecule has 2 bridgehead atoms. The molecule has 0 aromatic rings. The molecule has 0 radical (unpaired) electrons. The number of aliphatic hydroxyl groups is 15. The van der Waals surface area contributed by atoms with Crippen LogP contribution >= 0.6 is 0 Å². The van der Waals surface area contributed by atoms with E-state index in [0.717, 1.165) is 0 Å². The summed E-state index contributed by atoms with van der Waals surface area (Å²) in [7, 11) is 0. The number of esters is 2. The standard InChI is InChI=1S/C70H108O32/c1-13-26(4)57(87)95-49-30(15-3)22-35-69-21-17-34-66(10)19-18-37(65(8,9)33(66)16-20-67(34,11)68(69,12)23-36(73)70(35,64(89)102-69)55(49)101-58(88)27(5)14-2)94-63-54(100-60-47(83)43(79)40(76)31(24-71)92-60)50(48(84)51(97-63)56(85)86)96-62-53(45(81)41(77)32(25-72)93-62)99-61-52(44(80)39(75)29(7)91-61)98-59-46(82)42(78)38(74)28(6)90-59/h13-15,28-55,59-64,71-84,89H,3,16-25H2,1-2,4-12H3,(H,85,86)/b26-13-,27-14-/t28?,29?,30-,31?,32?,33?,34?,35?,36+,37-,38-,39-,40-,41-,42?,43?,44?,45?,46?,47?,48-,49+,50?,51?,52?,53?,54?,55-,59-,60-,61-,62-,63+,64-,66-,67+,68-,69-,70+/m0/s1. The quantitative estimate of drug-likeness (QED) is 0.0297. The van der Waals surface area contributed by atoms with Crippen LogP contribution in [0.15, 0.2) is 36.0 Å². The molecular formula is C70H108O32. The Bertz CT molecular complexity index is 3080. The fourth-order valence-corrected chi connectivity index (χ4v) is 20.4. The zero-order chi connectivity index (χ0) is 74.9. The molecule has 6 heterocycles. The van der Waals surface area contributed by atoms with E-state index < -0.39 is 260 Å². The summed E-state index contributed by atoms with van der Waals surface area (Å²) in [5, 5.41) is 182. The number of carbonyl (C=O) groups is 3. The highest BCUT2D eigenvalue weighted by molar-refractivity contribution is 5.89. The summed E-state index contributed by atoms with van der Waals surface area (Å²) in [6, 6.07) is 0. The van der Waals surface area contributed by atoms with Crippen molar-refractivity contribution < 1.29 is 158 Å². The van der Waals surface area contributed by atoms with E-state index in [1.807, 2.05) is 13.8 Å². The predicted octanol–water partition coefficient (Wildman–Crippen LogP) is -2.31. The van der Waals surface area contributed by atoms with Crippen LogP contribution < -0.4 is 0 Å². The molecule has 6 saturated heterocycles. The number of carbonyl (C=O) groups excluding carboxylic acids is 2. The lowest BCUT2D eigenvalue weighted by Gasteiger charge is -2.75. The number of aliphatic carboxylic acids is 1. The lowest BCUT2D eigenvalue weighted by molar-refractivity contribution is -0.412. The van der Waals surface area contributed by atoms with Gasteiger partial charge in [0, 0.05) is 28.4 Å². The van der Waals surface area contributed by atoms with E-state index in [-0.39, 0.29) is 36.7 Å². The molecule has 0 aromatic heterocycles. The Kier molecular flexibility index (Phi) is 23.1. The molecular weight excluding hydrogens is 1350 g/mol. The Morgan fingerprint density at radius 1 is 0.520 bits per heavy atom. The van der Waals surface area contributed by atoms with E-state index in [9.17, 15) is 96.1 Å². The minimum absolute atomic E-state index is 0.0925. The van der Waals surface area contributed by atoms with Gasteiger partial charge < -0.3 is 143 Å². The molecule has 32 nitrogen and oxygen atoms in total. The van der Waals surface area contributed by atoms with Gasteiger partial charge in [0.1, 0.15) is 110 Å². The van der Waals surface area contributed by atoms with Crippen molar-refractivity contribution in [2.45, 2.75) is 317 Å². The number of allylic oxidation sites excluding steroid dienone is 2. The number of aliphatic hydroxyl groups excluding tert-OH is 15. The average Bonchev–Trinajstić information content (AvgIpc) is 1.41.